The molecule has 1 aromatic heterocycles. The van der Waals surface area contributed by atoms with Crippen LogP contribution in [-0.2, 0) is 16.4 Å². The number of nitrogens with zero attached hydrogens (tertiary/aromatic N) is 2. The lowest BCUT2D eigenvalue weighted by Gasteiger charge is -2.14. The van der Waals surface area contributed by atoms with E-state index in [2.05, 4.69) is 4.98 Å². The van der Waals surface area contributed by atoms with Crippen LogP contribution in [-0.4, -0.2) is 24.2 Å². The number of aromatic nitrogens is 2. The van der Waals surface area contributed by atoms with Crippen LogP contribution in [0.5, 0.6) is 0 Å². The molecule has 1 heterocycles. The van der Waals surface area contributed by atoms with E-state index in [1.165, 1.54) is 6.26 Å². The quantitative estimate of drug-likeness (QED) is 0.916. The number of rotatable bonds is 4. The lowest BCUT2D eigenvalue weighted by molar-refractivity contribution is 0.601. The van der Waals surface area contributed by atoms with Gasteiger partial charge >= 0.3 is 0 Å². The van der Waals surface area contributed by atoms with Gasteiger partial charge in [-0.15, -0.1) is 0 Å². The van der Waals surface area contributed by atoms with Gasteiger partial charge in [-0.25, -0.2) is 13.4 Å². The molecule has 19 heavy (non-hydrogen) atoms. The maximum Gasteiger partial charge on any atom is 0.175 e. The molecule has 0 saturated carbocycles. The highest BCUT2D eigenvalue weighted by Crippen LogP contribution is 2.21. The van der Waals surface area contributed by atoms with Crippen LogP contribution in [0.25, 0.3) is 0 Å². The third-order valence-electron chi connectivity index (χ3n) is 3.01. The van der Waals surface area contributed by atoms with E-state index in [1.807, 2.05) is 23.8 Å². The van der Waals surface area contributed by atoms with Gasteiger partial charge in [0.2, 0.25) is 0 Å². The van der Waals surface area contributed by atoms with Crippen LogP contribution in [0.15, 0.2) is 41.6 Å². The van der Waals surface area contributed by atoms with E-state index in [9.17, 15) is 8.42 Å². The number of sulfone groups is 1. The second-order valence-corrected chi connectivity index (χ2v) is 6.41. The number of nitrogens with two attached hydrogens (primary N) is 1. The first-order valence-electron chi connectivity index (χ1n) is 6.00. The summed E-state index contributed by atoms with van der Waals surface area (Å²) in [6.45, 7) is 2.78. The smallest absolute Gasteiger partial charge is 0.175 e. The summed E-state index contributed by atoms with van der Waals surface area (Å²) >= 11 is 0. The number of hydrogen-bond acceptors (Lipinski definition) is 4. The Hall–Kier alpha value is -1.66. The van der Waals surface area contributed by atoms with Crippen LogP contribution in [0.2, 0.25) is 0 Å². The van der Waals surface area contributed by atoms with Crippen molar-refractivity contribution in [2.75, 3.05) is 6.26 Å². The molecule has 0 radical (unpaired) electrons. The molecule has 2 rings (SSSR count). The van der Waals surface area contributed by atoms with Gasteiger partial charge in [0, 0.05) is 25.2 Å². The summed E-state index contributed by atoms with van der Waals surface area (Å²) in [4.78, 5) is 4.52. The average Bonchev–Trinajstić information content (AvgIpc) is 2.85. The second-order valence-electron chi connectivity index (χ2n) is 4.39. The minimum absolute atomic E-state index is 0.273. The van der Waals surface area contributed by atoms with Crippen molar-refractivity contribution in [1.82, 2.24) is 9.55 Å². The predicted octanol–water partition coefficient (Wildman–Crippen LogP) is 1.35. The molecule has 1 aromatic carbocycles. The summed E-state index contributed by atoms with van der Waals surface area (Å²) in [5.41, 5.74) is 6.91. The van der Waals surface area contributed by atoms with E-state index in [4.69, 9.17) is 5.73 Å². The van der Waals surface area contributed by atoms with E-state index in [0.717, 1.165) is 17.9 Å². The largest absolute Gasteiger partial charge is 0.334 e. The summed E-state index contributed by atoms with van der Waals surface area (Å²) in [5.74, 6) is 0.730. The zero-order valence-corrected chi connectivity index (χ0v) is 11.8. The summed E-state index contributed by atoms with van der Waals surface area (Å²) < 4.78 is 25.1. The summed E-state index contributed by atoms with van der Waals surface area (Å²) in [6, 6.07) is 6.25. The van der Waals surface area contributed by atoms with E-state index in [-0.39, 0.29) is 4.90 Å². The molecule has 0 spiro atoms. The van der Waals surface area contributed by atoms with E-state index >= 15 is 0 Å². The molecular formula is C13H17N3O2S. The molecule has 0 saturated heterocycles. The molecule has 0 bridgehead atoms. The standard InChI is InChI=1S/C13H17N3O2S/c1-3-16-8-7-15-13(16)12(14)10-5-4-6-11(9-10)19(2,17)18/h4-9,12H,3,14H2,1-2H3. The first kappa shape index (κ1) is 13.8. The fraction of sp³-hybridized carbons (Fsp3) is 0.308. The van der Waals surface area contributed by atoms with Gasteiger partial charge in [0.1, 0.15) is 5.82 Å². The van der Waals surface area contributed by atoms with Gasteiger partial charge < -0.3 is 10.3 Å². The van der Waals surface area contributed by atoms with Gasteiger partial charge in [0.05, 0.1) is 10.9 Å². The van der Waals surface area contributed by atoms with Crippen molar-refractivity contribution in [2.24, 2.45) is 5.73 Å². The Kier molecular flexibility index (Phi) is 3.73. The topological polar surface area (TPSA) is 78.0 Å². The van der Waals surface area contributed by atoms with Crippen molar-refractivity contribution < 1.29 is 8.42 Å². The van der Waals surface area contributed by atoms with E-state index in [0.29, 0.717) is 0 Å². The molecule has 0 fully saturated rings. The van der Waals surface area contributed by atoms with Crippen LogP contribution in [0.1, 0.15) is 24.4 Å². The monoisotopic (exact) mass is 279 g/mol. The Morgan fingerprint density at radius 1 is 1.42 bits per heavy atom. The first-order valence-corrected chi connectivity index (χ1v) is 7.89. The van der Waals surface area contributed by atoms with Gasteiger partial charge in [-0.2, -0.15) is 0 Å². The SMILES string of the molecule is CCn1ccnc1C(N)c1cccc(S(C)(=O)=O)c1. The van der Waals surface area contributed by atoms with Crippen molar-refractivity contribution >= 4 is 9.84 Å². The molecule has 2 N–H and O–H groups in total. The first-order chi connectivity index (χ1) is 8.93. The molecule has 102 valence electrons. The zero-order valence-electron chi connectivity index (χ0n) is 10.9. The van der Waals surface area contributed by atoms with Gasteiger partial charge in [-0.3, -0.25) is 0 Å². The molecule has 0 aliphatic rings. The molecule has 2 aromatic rings. The fourth-order valence-electron chi connectivity index (χ4n) is 1.95. The third kappa shape index (κ3) is 2.85. The number of benzene rings is 1. The minimum atomic E-state index is -3.23. The molecule has 1 atom stereocenters. The molecular weight excluding hydrogens is 262 g/mol. The van der Waals surface area contributed by atoms with Crippen LogP contribution in [0.3, 0.4) is 0 Å². The molecule has 6 heteroatoms. The van der Waals surface area contributed by atoms with E-state index in [1.54, 1.807) is 24.4 Å². The Morgan fingerprint density at radius 3 is 2.79 bits per heavy atom. The van der Waals surface area contributed by atoms with Gasteiger partial charge in [0.15, 0.2) is 9.84 Å². The highest BCUT2D eigenvalue weighted by atomic mass is 32.2. The van der Waals surface area contributed by atoms with Crippen molar-refractivity contribution in [2.45, 2.75) is 24.4 Å². The second kappa shape index (κ2) is 5.14. The zero-order chi connectivity index (χ0) is 14.0. The third-order valence-corrected chi connectivity index (χ3v) is 4.12. The van der Waals surface area contributed by atoms with Crippen molar-refractivity contribution in [1.29, 1.82) is 0 Å². The van der Waals surface area contributed by atoms with Crippen molar-refractivity contribution in [3.05, 3.63) is 48.0 Å². The summed E-state index contributed by atoms with van der Waals surface area (Å²) in [5, 5.41) is 0. The van der Waals surface area contributed by atoms with Gasteiger partial charge in [-0.05, 0) is 24.6 Å². The van der Waals surface area contributed by atoms with Crippen LogP contribution >= 0.6 is 0 Å². The van der Waals surface area contributed by atoms with Crippen LogP contribution in [0.4, 0.5) is 0 Å². The van der Waals surface area contributed by atoms with E-state index < -0.39 is 15.9 Å². The number of imidazole rings is 1. The van der Waals surface area contributed by atoms with Crippen LogP contribution in [0, 0.1) is 0 Å². The Bertz CT molecular complexity index is 677. The Morgan fingerprint density at radius 2 is 2.16 bits per heavy atom. The highest BCUT2D eigenvalue weighted by molar-refractivity contribution is 7.90. The maximum atomic E-state index is 11.6. The summed E-state index contributed by atoms with van der Waals surface area (Å²) in [7, 11) is -3.23. The van der Waals surface area contributed by atoms with Crippen molar-refractivity contribution in [3.63, 3.8) is 0 Å². The summed E-state index contributed by atoms with van der Waals surface area (Å²) in [6.07, 6.45) is 4.74. The lowest BCUT2D eigenvalue weighted by atomic mass is 10.1. The number of hydrogen-bond donors (Lipinski definition) is 1. The molecule has 0 aliphatic carbocycles. The molecule has 5 nitrogen and oxygen atoms in total. The molecule has 1 unspecified atom stereocenters. The normalized spacial score (nSPS) is 13.4. The molecule has 0 aliphatic heterocycles. The predicted molar refractivity (Wildman–Crippen MR) is 73.5 cm³/mol. The molecule has 0 amide bonds. The lowest BCUT2D eigenvalue weighted by Crippen LogP contribution is -2.18. The number of aryl methyl sites for hydroxylation is 1. The minimum Gasteiger partial charge on any atom is -0.334 e. The maximum absolute atomic E-state index is 11.6. The van der Waals surface area contributed by atoms with Crippen molar-refractivity contribution in [3.8, 4) is 0 Å². The Labute approximate surface area is 113 Å². The van der Waals surface area contributed by atoms with Gasteiger partial charge in [-0.1, -0.05) is 12.1 Å². The Balaban J connectivity index is 2.42. The average molecular weight is 279 g/mol. The van der Waals surface area contributed by atoms with Crippen LogP contribution < -0.4 is 5.73 Å². The fourth-order valence-corrected chi connectivity index (χ4v) is 2.63. The highest BCUT2D eigenvalue weighted by Gasteiger charge is 2.16. The van der Waals surface area contributed by atoms with Gasteiger partial charge in [0.25, 0.3) is 0 Å².